The van der Waals surface area contributed by atoms with E-state index in [-0.39, 0.29) is 5.54 Å². The molecule has 90 valence electrons. The van der Waals surface area contributed by atoms with Gasteiger partial charge in [0.15, 0.2) is 0 Å². The molecule has 0 radical (unpaired) electrons. The van der Waals surface area contributed by atoms with Crippen LogP contribution in [0.15, 0.2) is 36.4 Å². The van der Waals surface area contributed by atoms with Gasteiger partial charge in [-0.2, -0.15) is 0 Å². The highest BCUT2D eigenvalue weighted by atomic mass is 14.9. The first-order valence-electron chi connectivity index (χ1n) is 6.29. The fourth-order valence-corrected chi connectivity index (χ4v) is 2.19. The van der Waals surface area contributed by atoms with Crippen molar-refractivity contribution in [1.29, 1.82) is 0 Å². The standard InChI is InChI=1S/C16H21N/c1-5-12-10-14(17-16(2,3)4)11-13-8-6-7-9-15(12)13/h6-11,17H,5H2,1-4H3. The maximum atomic E-state index is 3.55. The van der Waals surface area contributed by atoms with Gasteiger partial charge in [0, 0.05) is 11.2 Å². The minimum Gasteiger partial charge on any atom is -0.380 e. The average molecular weight is 227 g/mol. The molecular formula is C16H21N. The summed E-state index contributed by atoms with van der Waals surface area (Å²) in [6, 6.07) is 13.1. The summed E-state index contributed by atoms with van der Waals surface area (Å²) in [5.74, 6) is 0. The van der Waals surface area contributed by atoms with Crippen molar-refractivity contribution < 1.29 is 0 Å². The molecule has 1 nitrogen and oxygen atoms in total. The van der Waals surface area contributed by atoms with E-state index < -0.39 is 0 Å². The first kappa shape index (κ1) is 12.0. The van der Waals surface area contributed by atoms with Crippen LogP contribution in [0, 0.1) is 0 Å². The van der Waals surface area contributed by atoms with Crippen molar-refractivity contribution in [3.63, 3.8) is 0 Å². The Morgan fingerprint density at radius 2 is 1.76 bits per heavy atom. The first-order valence-corrected chi connectivity index (χ1v) is 6.29. The number of benzene rings is 2. The molecule has 2 aromatic rings. The second-order valence-electron chi connectivity index (χ2n) is 5.59. The smallest absolute Gasteiger partial charge is 0.0353 e. The fourth-order valence-electron chi connectivity index (χ4n) is 2.19. The predicted molar refractivity (Wildman–Crippen MR) is 76.7 cm³/mol. The Labute approximate surface area is 104 Å². The Bertz CT molecular complexity index is 521. The van der Waals surface area contributed by atoms with Crippen LogP contribution < -0.4 is 5.32 Å². The van der Waals surface area contributed by atoms with Crippen LogP contribution in [0.5, 0.6) is 0 Å². The van der Waals surface area contributed by atoms with Crippen molar-refractivity contribution in [3.8, 4) is 0 Å². The summed E-state index contributed by atoms with van der Waals surface area (Å²) in [5.41, 5.74) is 2.73. The Kier molecular flexibility index (Phi) is 3.10. The van der Waals surface area contributed by atoms with Crippen LogP contribution in [0.25, 0.3) is 10.8 Å². The van der Waals surface area contributed by atoms with E-state index in [1.165, 1.54) is 22.0 Å². The van der Waals surface area contributed by atoms with E-state index in [1.54, 1.807) is 0 Å². The van der Waals surface area contributed by atoms with Gasteiger partial charge in [0.05, 0.1) is 0 Å². The summed E-state index contributed by atoms with van der Waals surface area (Å²) >= 11 is 0. The second kappa shape index (κ2) is 4.40. The van der Waals surface area contributed by atoms with Crippen molar-refractivity contribution >= 4 is 16.5 Å². The zero-order valence-electron chi connectivity index (χ0n) is 11.2. The molecule has 0 saturated heterocycles. The zero-order chi connectivity index (χ0) is 12.5. The van der Waals surface area contributed by atoms with Gasteiger partial charge in [0.1, 0.15) is 0 Å². The molecule has 0 heterocycles. The van der Waals surface area contributed by atoms with Crippen molar-refractivity contribution in [1.82, 2.24) is 0 Å². The van der Waals surface area contributed by atoms with Crippen molar-refractivity contribution in [3.05, 3.63) is 42.0 Å². The van der Waals surface area contributed by atoms with Crippen molar-refractivity contribution in [2.75, 3.05) is 5.32 Å². The van der Waals surface area contributed by atoms with E-state index in [0.717, 1.165) is 6.42 Å². The highest BCUT2D eigenvalue weighted by Crippen LogP contribution is 2.26. The molecule has 2 aromatic carbocycles. The van der Waals surface area contributed by atoms with Crippen molar-refractivity contribution in [2.45, 2.75) is 39.7 Å². The van der Waals surface area contributed by atoms with Crippen LogP contribution in [0.2, 0.25) is 0 Å². The highest BCUT2D eigenvalue weighted by Gasteiger charge is 2.10. The molecule has 17 heavy (non-hydrogen) atoms. The highest BCUT2D eigenvalue weighted by molar-refractivity contribution is 5.89. The van der Waals surface area contributed by atoms with Crippen LogP contribution in [-0.4, -0.2) is 5.54 Å². The maximum Gasteiger partial charge on any atom is 0.0353 e. The minimum atomic E-state index is 0.105. The van der Waals surface area contributed by atoms with Gasteiger partial charge in [-0.1, -0.05) is 31.2 Å². The van der Waals surface area contributed by atoms with Crippen LogP contribution in [0.3, 0.4) is 0 Å². The number of hydrogen-bond acceptors (Lipinski definition) is 1. The number of rotatable bonds is 2. The van der Waals surface area contributed by atoms with Gasteiger partial charge >= 0.3 is 0 Å². The number of nitrogens with one attached hydrogen (secondary N) is 1. The van der Waals surface area contributed by atoms with Crippen LogP contribution in [0.1, 0.15) is 33.3 Å². The van der Waals surface area contributed by atoms with Gasteiger partial charge < -0.3 is 5.32 Å². The lowest BCUT2D eigenvalue weighted by atomic mass is 10.0. The summed E-state index contributed by atoms with van der Waals surface area (Å²) in [6.07, 6.45) is 1.07. The summed E-state index contributed by atoms with van der Waals surface area (Å²) in [6.45, 7) is 8.78. The van der Waals surface area contributed by atoms with E-state index in [2.05, 4.69) is 69.4 Å². The normalized spacial score (nSPS) is 11.8. The number of aryl methyl sites for hydroxylation is 1. The SMILES string of the molecule is CCc1cc(NC(C)(C)C)cc2ccccc12. The van der Waals surface area contributed by atoms with E-state index >= 15 is 0 Å². The Hall–Kier alpha value is -1.50. The lowest BCUT2D eigenvalue weighted by molar-refractivity contribution is 0.634. The lowest BCUT2D eigenvalue weighted by Gasteiger charge is -2.23. The van der Waals surface area contributed by atoms with Gasteiger partial charge in [-0.05, 0) is 55.7 Å². The number of fused-ring (bicyclic) bond motifs is 1. The van der Waals surface area contributed by atoms with Gasteiger partial charge in [-0.25, -0.2) is 0 Å². The second-order valence-corrected chi connectivity index (χ2v) is 5.59. The Balaban J connectivity index is 2.53. The molecule has 0 aliphatic carbocycles. The number of hydrogen-bond donors (Lipinski definition) is 1. The molecule has 1 heteroatoms. The summed E-state index contributed by atoms with van der Waals surface area (Å²) in [4.78, 5) is 0. The molecule has 0 unspecified atom stereocenters. The molecule has 0 aromatic heterocycles. The third-order valence-corrected chi connectivity index (χ3v) is 2.85. The van der Waals surface area contributed by atoms with Gasteiger partial charge in [0.2, 0.25) is 0 Å². The summed E-state index contributed by atoms with van der Waals surface area (Å²) < 4.78 is 0. The van der Waals surface area contributed by atoms with Gasteiger partial charge in [-0.15, -0.1) is 0 Å². The molecule has 0 fully saturated rings. The monoisotopic (exact) mass is 227 g/mol. The van der Waals surface area contributed by atoms with Gasteiger partial charge in [0.25, 0.3) is 0 Å². The lowest BCUT2D eigenvalue weighted by Crippen LogP contribution is -2.26. The summed E-state index contributed by atoms with van der Waals surface area (Å²) in [7, 11) is 0. The van der Waals surface area contributed by atoms with Gasteiger partial charge in [-0.3, -0.25) is 0 Å². The third-order valence-electron chi connectivity index (χ3n) is 2.85. The molecule has 0 bridgehead atoms. The molecule has 0 amide bonds. The third kappa shape index (κ3) is 2.79. The van der Waals surface area contributed by atoms with E-state index in [0.29, 0.717) is 0 Å². The van der Waals surface area contributed by atoms with Crippen LogP contribution in [-0.2, 0) is 6.42 Å². The minimum absolute atomic E-state index is 0.105. The Morgan fingerprint density at radius 1 is 1.06 bits per heavy atom. The fraction of sp³-hybridized carbons (Fsp3) is 0.375. The van der Waals surface area contributed by atoms with E-state index in [9.17, 15) is 0 Å². The number of anilines is 1. The molecule has 0 saturated carbocycles. The largest absolute Gasteiger partial charge is 0.380 e. The molecule has 2 rings (SSSR count). The molecule has 1 N–H and O–H groups in total. The van der Waals surface area contributed by atoms with E-state index in [4.69, 9.17) is 0 Å². The quantitative estimate of drug-likeness (QED) is 0.789. The van der Waals surface area contributed by atoms with Crippen LogP contribution in [0.4, 0.5) is 5.69 Å². The maximum absolute atomic E-state index is 3.55. The Morgan fingerprint density at radius 3 is 2.41 bits per heavy atom. The summed E-state index contributed by atoms with van der Waals surface area (Å²) in [5, 5.41) is 6.24. The molecular weight excluding hydrogens is 206 g/mol. The topological polar surface area (TPSA) is 12.0 Å². The molecule has 0 spiro atoms. The van der Waals surface area contributed by atoms with E-state index in [1.807, 2.05) is 0 Å². The van der Waals surface area contributed by atoms with Crippen LogP contribution >= 0.6 is 0 Å². The average Bonchev–Trinajstić information content (AvgIpc) is 2.25. The predicted octanol–water partition coefficient (Wildman–Crippen LogP) is 4.61. The first-order chi connectivity index (χ1) is 7.99. The molecule has 0 atom stereocenters. The molecule has 0 aliphatic heterocycles. The van der Waals surface area contributed by atoms with Crippen molar-refractivity contribution in [2.24, 2.45) is 0 Å². The molecule has 0 aliphatic rings. The zero-order valence-corrected chi connectivity index (χ0v) is 11.2.